The maximum Gasteiger partial charge on any atom is 0.410 e. The first-order valence-electron chi connectivity index (χ1n) is 7.44. The fourth-order valence-corrected chi connectivity index (χ4v) is 2.90. The van der Waals surface area contributed by atoms with Crippen LogP contribution in [0.4, 0.5) is 4.79 Å². The fourth-order valence-electron chi connectivity index (χ4n) is 2.39. The molecule has 1 unspecified atom stereocenters. The third kappa shape index (κ3) is 5.53. The summed E-state index contributed by atoms with van der Waals surface area (Å²) in [5, 5.41) is 2.62. The Bertz CT molecular complexity index is 442. The van der Waals surface area contributed by atoms with Crippen molar-refractivity contribution in [3.63, 3.8) is 0 Å². The number of piperidine rings is 1. The Morgan fingerprint density at radius 2 is 2.33 bits per heavy atom. The summed E-state index contributed by atoms with van der Waals surface area (Å²) in [6.07, 6.45) is 4.65. The average molecular weight is 312 g/mol. The molecule has 2 heterocycles. The number of amides is 1. The van der Waals surface area contributed by atoms with E-state index >= 15 is 0 Å². The number of rotatable bonds is 4. The molecular formula is C15H24N2O3S. The molecule has 0 spiro atoms. The Labute approximate surface area is 130 Å². The number of likely N-dealkylation sites (tertiary alicyclic amines) is 1. The summed E-state index contributed by atoms with van der Waals surface area (Å²) < 4.78 is 11.0. The van der Waals surface area contributed by atoms with E-state index in [1.807, 2.05) is 31.1 Å². The molecule has 0 saturated carbocycles. The van der Waals surface area contributed by atoms with Crippen LogP contribution in [0.2, 0.25) is 0 Å². The predicted molar refractivity (Wildman–Crippen MR) is 82.8 cm³/mol. The van der Waals surface area contributed by atoms with Gasteiger partial charge in [0.1, 0.15) is 5.60 Å². The quantitative estimate of drug-likeness (QED) is 0.853. The van der Waals surface area contributed by atoms with Crippen LogP contribution in [0.1, 0.15) is 40.0 Å². The van der Waals surface area contributed by atoms with E-state index in [2.05, 4.69) is 4.98 Å². The molecule has 0 N–H and O–H groups in total. The van der Waals surface area contributed by atoms with E-state index in [1.165, 1.54) is 11.3 Å². The Kier molecular flexibility index (Phi) is 5.45. The lowest BCUT2D eigenvalue weighted by molar-refractivity contribution is 0.0154. The van der Waals surface area contributed by atoms with Gasteiger partial charge in [-0.05, 0) is 46.0 Å². The number of carbonyl (C=O) groups is 1. The van der Waals surface area contributed by atoms with E-state index in [4.69, 9.17) is 9.47 Å². The van der Waals surface area contributed by atoms with Crippen LogP contribution in [0, 0.1) is 5.92 Å². The first-order valence-corrected chi connectivity index (χ1v) is 8.32. The minimum Gasteiger partial charge on any atom is -0.470 e. The molecule has 1 fully saturated rings. The number of hydrogen-bond donors (Lipinski definition) is 0. The molecule has 1 aromatic rings. The van der Waals surface area contributed by atoms with Crippen molar-refractivity contribution in [2.45, 2.75) is 45.6 Å². The SMILES string of the molecule is CC(C)(C)OC(=O)N1CCCC(CCOc2nccs2)C1. The largest absolute Gasteiger partial charge is 0.470 e. The molecule has 118 valence electrons. The van der Waals surface area contributed by atoms with Crippen LogP contribution in [0.15, 0.2) is 11.6 Å². The molecule has 1 amide bonds. The fraction of sp³-hybridized carbons (Fsp3) is 0.733. The summed E-state index contributed by atoms with van der Waals surface area (Å²) in [4.78, 5) is 18.0. The number of hydrogen-bond acceptors (Lipinski definition) is 5. The van der Waals surface area contributed by atoms with Gasteiger partial charge in [0.25, 0.3) is 5.19 Å². The Morgan fingerprint density at radius 3 is 3.00 bits per heavy atom. The summed E-state index contributed by atoms with van der Waals surface area (Å²) in [7, 11) is 0. The molecule has 2 rings (SSSR count). The molecule has 1 aliphatic rings. The molecule has 21 heavy (non-hydrogen) atoms. The summed E-state index contributed by atoms with van der Waals surface area (Å²) >= 11 is 1.50. The Hall–Kier alpha value is -1.30. The highest BCUT2D eigenvalue weighted by molar-refractivity contribution is 7.11. The van der Waals surface area contributed by atoms with Crippen molar-refractivity contribution in [3.8, 4) is 5.19 Å². The van der Waals surface area contributed by atoms with E-state index in [0.29, 0.717) is 12.5 Å². The van der Waals surface area contributed by atoms with Crippen LogP contribution in [0.5, 0.6) is 5.19 Å². The monoisotopic (exact) mass is 312 g/mol. The van der Waals surface area contributed by atoms with Gasteiger partial charge in [-0.3, -0.25) is 0 Å². The van der Waals surface area contributed by atoms with Gasteiger partial charge in [0.05, 0.1) is 6.61 Å². The molecule has 0 aliphatic carbocycles. The van der Waals surface area contributed by atoms with Gasteiger partial charge >= 0.3 is 6.09 Å². The maximum absolute atomic E-state index is 12.1. The van der Waals surface area contributed by atoms with Gasteiger partial charge in [-0.1, -0.05) is 11.3 Å². The first kappa shape index (κ1) is 16.1. The lowest BCUT2D eigenvalue weighted by atomic mass is 9.95. The van der Waals surface area contributed by atoms with Crippen molar-refractivity contribution in [1.29, 1.82) is 0 Å². The summed E-state index contributed by atoms with van der Waals surface area (Å²) in [6.45, 7) is 7.89. The number of aromatic nitrogens is 1. The highest BCUT2D eigenvalue weighted by Crippen LogP contribution is 2.22. The zero-order valence-corrected chi connectivity index (χ0v) is 13.8. The van der Waals surface area contributed by atoms with Crippen LogP contribution >= 0.6 is 11.3 Å². The zero-order valence-electron chi connectivity index (χ0n) is 13.0. The smallest absolute Gasteiger partial charge is 0.410 e. The highest BCUT2D eigenvalue weighted by Gasteiger charge is 2.27. The third-order valence-electron chi connectivity index (χ3n) is 3.33. The van der Waals surface area contributed by atoms with Gasteiger partial charge in [-0.25, -0.2) is 9.78 Å². The van der Waals surface area contributed by atoms with E-state index in [1.54, 1.807) is 6.20 Å². The number of nitrogens with zero attached hydrogens (tertiary/aromatic N) is 2. The summed E-state index contributed by atoms with van der Waals surface area (Å²) in [5.41, 5.74) is -0.433. The predicted octanol–water partition coefficient (Wildman–Crippen LogP) is 3.56. The molecule has 6 heteroatoms. The van der Waals surface area contributed by atoms with Crippen LogP contribution in [-0.2, 0) is 4.74 Å². The topological polar surface area (TPSA) is 51.7 Å². The van der Waals surface area contributed by atoms with E-state index < -0.39 is 5.60 Å². The highest BCUT2D eigenvalue weighted by atomic mass is 32.1. The van der Waals surface area contributed by atoms with Crippen LogP contribution < -0.4 is 4.74 Å². The standard InChI is InChI=1S/C15H24N2O3S/c1-15(2,3)20-14(18)17-8-4-5-12(11-17)6-9-19-13-16-7-10-21-13/h7,10,12H,4-6,8-9,11H2,1-3H3. The maximum atomic E-state index is 12.1. The second kappa shape index (κ2) is 7.11. The number of ether oxygens (including phenoxy) is 2. The molecule has 0 aromatic carbocycles. The normalized spacial score (nSPS) is 19.4. The molecule has 0 bridgehead atoms. The molecule has 5 nitrogen and oxygen atoms in total. The van der Waals surface area contributed by atoms with Crippen LogP contribution in [-0.4, -0.2) is 41.3 Å². The van der Waals surface area contributed by atoms with Gasteiger partial charge in [0.2, 0.25) is 0 Å². The summed E-state index contributed by atoms with van der Waals surface area (Å²) in [6, 6.07) is 0. The van der Waals surface area contributed by atoms with Gasteiger partial charge < -0.3 is 14.4 Å². The zero-order chi connectivity index (χ0) is 15.3. The molecule has 1 aromatic heterocycles. The van der Waals surface area contributed by atoms with Gasteiger partial charge in [-0.15, -0.1) is 0 Å². The van der Waals surface area contributed by atoms with Crippen molar-refractivity contribution in [3.05, 3.63) is 11.6 Å². The van der Waals surface area contributed by atoms with Crippen LogP contribution in [0.3, 0.4) is 0 Å². The van der Waals surface area contributed by atoms with Gasteiger partial charge in [0, 0.05) is 24.7 Å². The lowest BCUT2D eigenvalue weighted by Crippen LogP contribution is -2.43. The summed E-state index contributed by atoms with van der Waals surface area (Å²) in [5.74, 6) is 0.478. The van der Waals surface area contributed by atoms with Crippen molar-refractivity contribution in [2.24, 2.45) is 5.92 Å². The van der Waals surface area contributed by atoms with E-state index in [-0.39, 0.29) is 6.09 Å². The van der Waals surface area contributed by atoms with Gasteiger partial charge in [0.15, 0.2) is 0 Å². The molecule has 1 atom stereocenters. The second-order valence-corrected chi connectivity index (χ2v) is 7.23. The minimum atomic E-state index is -0.433. The number of carbonyl (C=O) groups excluding carboxylic acids is 1. The van der Waals surface area contributed by atoms with E-state index in [0.717, 1.165) is 37.5 Å². The lowest BCUT2D eigenvalue weighted by Gasteiger charge is -2.34. The minimum absolute atomic E-state index is 0.201. The molecule has 1 saturated heterocycles. The Balaban J connectivity index is 1.74. The first-order chi connectivity index (χ1) is 9.94. The van der Waals surface area contributed by atoms with Crippen molar-refractivity contribution in [2.75, 3.05) is 19.7 Å². The molecule has 1 aliphatic heterocycles. The number of thiazole rings is 1. The van der Waals surface area contributed by atoms with Crippen molar-refractivity contribution in [1.82, 2.24) is 9.88 Å². The second-order valence-electron chi connectivity index (χ2n) is 6.37. The molecule has 0 radical (unpaired) electrons. The van der Waals surface area contributed by atoms with Crippen molar-refractivity contribution >= 4 is 17.4 Å². The van der Waals surface area contributed by atoms with Crippen LogP contribution in [0.25, 0.3) is 0 Å². The molecular weight excluding hydrogens is 288 g/mol. The van der Waals surface area contributed by atoms with E-state index in [9.17, 15) is 4.79 Å². The third-order valence-corrected chi connectivity index (χ3v) is 4.01. The van der Waals surface area contributed by atoms with Crippen molar-refractivity contribution < 1.29 is 14.3 Å². The Morgan fingerprint density at radius 1 is 1.52 bits per heavy atom. The average Bonchev–Trinajstić information content (AvgIpc) is 2.90. The van der Waals surface area contributed by atoms with Gasteiger partial charge in [-0.2, -0.15) is 0 Å².